The SMILES string of the molecule is CC#N.CC#N.OCc1cccc(C=NCCN(CCN=Cc2cccc(CO)n2)CCN=Cc2cccc(CO)n2)n1.[Fe+2].c1ccc([B-](c2ccccc2)(c2ccccc2)c2ccccc2)cc1.c1ccc([B-](c2ccccc2)(c2ccccc2)c2ccccc2)cc1. The fourth-order valence-electron chi connectivity index (χ4n) is 11.6. The molecule has 15 heteroatoms. The second-order valence-electron chi connectivity index (χ2n) is 21.5. The smallest absolute Gasteiger partial charge is 0.390 e. The molecule has 472 valence electrons. The minimum atomic E-state index is -1.22. The Labute approximate surface area is 565 Å². The Bertz CT molecular complexity index is 3410. The van der Waals surface area contributed by atoms with E-state index in [4.69, 9.17) is 10.5 Å². The standard InChI is InChI=1S/C27H33N7O3.2C24H20B.2C2H3N.Fe/c35-19-25-7-1-4-22(31-25)16-28-10-13-34(14-11-29-17-23-5-2-8-26(20-36)32-23)15-12-30-18-24-6-3-9-27(21-37)33-24;2*1-5-13-21(14-6-1)25(22-15-7-2-8-16-22,23-17-9-3-10-18-23)24-19-11-4-12-20-24;2*1-2-3;/h1-9,16-18,35-37H,10-15,19-21H2;2*1-20H;2*1H3;/q;2*-1;;;+2. The summed E-state index contributed by atoms with van der Waals surface area (Å²) < 4.78 is 0. The third-order valence-corrected chi connectivity index (χ3v) is 15.7. The van der Waals surface area contributed by atoms with Crippen LogP contribution in [-0.4, -0.2) is 105 Å². The number of aromatic nitrogens is 3. The molecule has 11 aromatic rings. The number of aliphatic hydroxyl groups excluding tert-OH is 3. The minimum Gasteiger partial charge on any atom is -0.390 e. The molecular formula is C79H79B2FeN9O3. The summed E-state index contributed by atoms with van der Waals surface area (Å²) in [5, 5.41) is 42.4. The molecule has 12 nitrogen and oxygen atoms in total. The molecule has 0 saturated heterocycles. The van der Waals surface area contributed by atoms with Crippen LogP contribution in [0.3, 0.4) is 0 Å². The van der Waals surface area contributed by atoms with Gasteiger partial charge in [-0.2, -0.15) is 54.2 Å². The van der Waals surface area contributed by atoms with Crippen LogP contribution in [0.4, 0.5) is 0 Å². The van der Waals surface area contributed by atoms with Crippen molar-refractivity contribution in [1.29, 1.82) is 10.5 Å². The van der Waals surface area contributed by atoms with Crippen LogP contribution in [0.1, 0.15) is 48.0 Å². The zero-order chi connectivity index (χ0) is 65.5. The van der Waals surface area contributed by atoms with E-state index in [0.29, 0.717) is 53.8 Å². The van der Waals surface area contributed by atoms with E-state index >= 15 is 0 Å². The third kappa shape index (κ3) is 21.1. The van der Waals surface area contributed by atoms with Gasteiger partial charge in [-0.05, 0) is 36.4 Å². The molecule has 0 unspecified atom stereocenters. The van der Waals surface area contributed by atoms with Gasteiger partial charge in [0.05, 0.1) is 85.8 Å². The zero-order valence-corrected chi connectivity index (χ0v) is 54.4. The van der Waals surface area contributed by atoms with Gasteiger partial charge in [0.1, 0.15) is 12.3 Å². The molecule has 94 heavy (non-hydrogen) atoms. The Balaban J connectivity index is 0.000000218. The Kier molecular flexibility index (Phi) is 31.9. The average molecular weight is 1280 g/mol. The van der Waals surface area contributed by atoms with Gasteiger partial charge in [-0.3, -0.25) is 19.9 Å². The molecular weight excluding hydrogens is 1200 g/mol. The zero-order valence-electron chi connectivity index (χ0n) is 53.3. The molecule has 3 aromatic heterocycles. The summed E-state index contributed by atoms with van der Waals surface area (Å²) in [7, 11) is 0. The molecule has 0 bridgehead atoms. The largest absolute Gasteiger partial charge is 2.00 e. The maximum Gasteiger partial charge on any atom is 2.00 e. The average Bonchev–Trinajstić information content (AvgIpc) is 0.750. The number of nitrogens with zero attached hydrogens (tertiary/aromatic N) is 9. The Morgan fingerprint density at radius 2 is 0.500 bits per heavy atom. The molecule has 0 saturated carbocycles. The van der Waals surface area contributed by atoms with Gasteiger partial charge in [-0.1, -0.05) is 261 Å². The number of rotatable bonds is 23. The first-order valence-electron chi connectivity index (χ1n) is 31.2. The van der Waals surface area contributed by atoms with Crippen molar-refractivity contribution in [2.24, 2.45) is 15.0 Å². The first kappa shape index (κ1) is 72.7. The summed E-state index contributed by atoms with van der Waals surface area (Å²) in [5.41, 5.74) is 14.7. The molecule has 0 aliphatic heterocycles. The van der Waals surface area contributed by atoms with E-state index in [9.17, 15) is 15.3 Å². The fraction of sp³-hybridized carbons (Fsp3) is 0.139. The Morgan fingerprint density at radius 3 is 0.670 bits per heavy atom. The van der Waals surface area contributed by atoms with E-state index in [1.165, 1.54) is 57.5 Å². The van der Waals surface area contributed by atoms with Crippen LogP contribution in [-0.2, 0) is 36.9 Å². The van der Waals surface area contributed by atoms with Crippen LogP contribution >= 0.6 is 0 Å². The summed E-state index contributed by atoms with van der Waals surface area (Å²) in [4.78, 5) is 28.7. The van der Waals surface area contributed by atoms with Gasteiger partial charge in [0.2, 0.25) is 0 Å². The van der Waals surface area contributed by atoms with Crippen LogP contribution in [0.25, 0.3) is 0 Å². The molecule has 11 rings (SSSR count). The normalized spacial score (nSPS) is 10.9. The quantitative estimate of drug-likeness (QED) is 0.0417. The molecule has 0 spiro atoms. The minimum absolute atomic E-state index is 0. The fourth-order valence-corrected chi connectivity index (χ4v) is 11.6. The van der Waals surface area contributed by atoms with Crippen molar-refractivity contribution in [2.45, 2.75) is 33.7 Å². The number of pyridine rings is 3. The van der Waals surface area contributed by atoms with Crippen molar-refractivity contribution >= 4 is 74.6 Å². The summed E-state index contributed by atoms with van der Waals surface area (Å²) in [6, 6.07) is 107. The molecule has 0 radical (unpaired) electrons. The Hall–Kier alpha value is -10.3. The second-order valence-corrected chi connectivity index (χ2v) is 21.5. The van der Waals surface area contributed by atoms with Gasteiger partial charge in [-0.25, -0.2) is 15.0 Å². The second kappa shape index (κ2) is 41.2. The van der Waals surface area contributed by atoms with Crippen LogP contribution in [0, 0.1) is 22.7 Å². The van der Waals surface area contributed by atoms with Crippen LogP contribution < -0.4 is 43.7 Å². The summed E-state index contributed by atoms with van der Waals surface area (Å²) in [6.07, 6.45) is 2.72. The molecule has 0 atom stereocenters. The number of aliphatic imine (C=N–C) groups is 3. The van der Waals surface area contributed by atoms with E-state index in [1.807, 2.05) is 36.4 Å². The maximum absolute atomic E-state index is 9.24. The molecule has 0 aliphatic carbocycles. The Morgan fingerprint density at radius 1 is 0.319 bits per heavy atom. The predicted octanol–water partition coefficient (Wildman–Crippen LogP) is 8.49. The maximum atomic E-state index is 9.24. The number of nitriles is 2. The molecule has 0 aliphatic rings. The summed E-state index contributed by atoms with van der Waals surface area (Å²) in [6.45, 7) is 6.46. The van der Waals surface area contributed by atoms with Crippen molar-refractivity contribution < 1.29 is 32.4 Å². The van der Waals surface area contributed by atoms with E-state index < -0.39 is 12.3 Å². The predicted molar refractivity (Wildman–Crippen MR) is 387 cm³/mol. The summed E-state index contributed by atoms with van der Waals surface area (Å²) >= 11 is 0. The third-order valence-electron chi connectivity index (χ3n) is 15.7. The number of hydrogen-bond acceptors (Lipinski definition) is 12. The van der Waals surface area contributed by atoms with Gasteiger partial charge >= 0.3 is 17.1 Å². The van der Waals surface area contributed by atoms with Crippen molar-refractivity contribution in [3.8, 4) is 12.1 Å². The first-order chi connectivity index (χ1) is 45.9. The van der Waals surface area contributed by atoms with Crippen LogP contribution in [0.15, 0.2) is 312 Å². The van der Waals surface area contributed by atoms with E-state index in [-0.39, 0.29) is 36.9 Å². The topological polar surface area (TPSA) is 187 Å². The number of benzene rings is 8. The van der Waals surface area contributed by atoms with Crippen LogP contribution in [0.2, 0.25) is 0 Å². The van der Waals surface area contributed by atoms with Gasteiger partial charge < -0.3 is 15.3 Å². The number of hydrogen-bond donors (Lipinski definition) is 3. The molecule has 8 aromatic carbocycles. The van der Waals surface area contributed by atoms with Crippen molar-refractivity contribution in [1.82, 2.24) is 19.9 Å². The number of aliphatic hydroxyl groups is 3. The van der Waals surface area contributed by atoms with Crippen molar-refractivity contribution in [2.75, 3.05) is 39.3 Å². The molecule has 0 fully saturated rings. The van der Waals surface area contributed by atoms with E-state index in [0.717, 1.165) is 19.6 Å². The van der Waals surface area contributed by atoms with Gasteiger partial charge in [0.25, 0.3) is 0 Å². The van der Waals surface area contributed by atoms with Crippen molar-refractivity contribution in [3.05, 3.63) is 331 Å². The molecule has 3 heterocycles. The molecule has 0 amide bonds. The van der Waals surface area contributed by atoms with Crippen molar-refractivity contribution in [3.63, 3.8) is 0 Å². The van der Waals surface area contributed by atoms with Gasteiger partial charge in [-0.15, -0.1) is 0 Å². The van der Waals surface area contributed by atoms with Gasteiger partial charge in [0, 0.05) is 52.1 Å². The van der Waals surface area contributed by atoms with E-state index in [1.54, 1.807) is 49.0 Å². The van der Waals surface area contributed by atoms with Gasteiger partial charge in [0.15, 0.2) is 0 Å². The molecule has 3 N–H and O–H groups in total. The monoisotopic (exact) mass is 1280 g/mol. The van der Waals surface area contributed by atoms with Crippen LogP contribution in [0.5, 0.6) is 0 Å². The van der Waals surface area contributed by atoms with E-state index in [2.05, 4.69) is 277 Å². The first-order valence-corrected chi connectivity index (χ1v) is 31.2. The summed E-state index contributed by atoms with van der Waals surface area (Å²) in [5.74, 6) is 0.